The van der Waals surface area contributed by atoms with E-state index in [1.165, 1.54) is 0 Å². The molecule has 1 rings (SSSR count). The SMILES string of the molecule is Cc1nc(CNCCC(C)(C)CCC(=O)O)no1. The summed E-state index contributed by atoms with van der Waals surface area (Å²) in [5.41, 5.74) is 0.0263. The van der Waals surface area contributed by atoms with E-state index >= 15 is 0 Å². The van der Waals surface area contributed by atoms with Crippen molar-refractivity contribution in [2.24, 2.45) is 5.41 Å². The molecule has 102 valence electrons. The molecule has 6 nitrogen and oxygen atoms in total. The highest BCUT2D eigenvalue weighted by Crippen LogP contribution is 2.25. The first-order valence-electron chi connectivity index (χ1n) is 6.11. The third kappa shape index (κ3) is 5.77. The maximum atomic E-state index is 10.5. The molecule has 18 heavy (non-hydrogen) atoms. The van der Waals surface area contributed by atoms with Crippen LogP contribution in [0.25, 0.3) is 0 Å². The van der Waals surface area contributed by atoms with E-state index in [9.17, 15) is 4.79 Å². The summed E-state index contributed by atoms with van der Waals surface area (Å²) in [6, 6.07) is 0. The molecule has 2 N–H and O–H groups in total. The van der Waals surface area contributed by atoms with Gasteiger partial charge in [0.1, 0.15) is 0 Å². The lowest BCUT2D eigenvalue weighted by atomic mass is 9.84. The predicted molar refractivity (Wildman–Crippen MR) is 66.0 cm³/mol. The molecule has 0 bridgehead atoms. The van der Waals surface area contributed by atoms with Crippen LogP contribution in [-0.2, 0) is 11.3 Å². The van der Waals surface area contributed by atoms with Gasteiger partial charge >= 0.3 is 5.97 Å². The summed E-state index contributed by atoms with van der Waals surface area (Å²) in [6.45, 7) is 7.30. The lowest BCUT2D eigenvalue weighted by Crippen LogP contribution is -2.23. The van der Waals surface area contributed by atoms with Crippen molar-refractivity contribution in [2.45, 2.75) is 46.6 Å². The van der Waals surface area contributed by atoms with Gasteiger partial charge in [-0.3, -0.25) is 4.79 Å². The van der Waals surface area contributed by atoms with E-state index < -0.39 is 5.97 Å². The Kier molecular flexibility index (Phi) is 5.27. The molecule has 0 aromatic carbocycles. The van der Waals surface area contributed by atoms with E-state index in [4.69, 9.17) is 9.63 Å². The summed E-state index contributed by atoms with van der Waals surface area (Å²) in [7, 11) is 0. The molecule has 0 amide bonds. The molecular weight excluding hydrogens is 234 g/mol. The van der Waals surface area contributed by atoms with Crippen LogP contribution in [0.3, 0.4) is 0 Å². The minimum absolute atomic E-state index is 0.0263. The first-order valence-corrected chi connectivity index (χ1v) is 6.11. The topological polar surface area (TPSA) is 88.2 Å². The first kappa shape index (κ1) is 14.6. The van der Waals surface area contributed by atoms with Gasteiger partial charge in [0, 0.05) is 13.3 Å². The summed E-state index contributed by atoms with van der Waals surface area (Å²) in [4.78, 5) is 14.6. The molecule has 0 atom stereocenters. The van der Waals surface area contributed by atoms with Crippen molar-refractivity contribution < 1.29 is 14.4 Å². The van der Waals surface area contributed by atoms with Gasteiger partial charge in [0.2, 0.25) is 5.89 Å². The van der Waals surface area contributed by atoms with Gasteiger partial charge < -0.3 is 14.9 Å². The molecule has 0 fully saturated rings. The zero-order valence-corrected chi connectivity index (χ0v) is 11.2. The number of carboxylic acids is 1. The van der Waals surface area contributed by atoms with Crippen LogP contribution in [0, 0.1) is 12.3 Å². The van der Waals surface area contributed by atoms with Crippen molar-refractivity contribution in [1.82, 2.24) is 15.5 Å². The molecule has 0 aliphatic carbocycles. The van der Waals surface area contributed by atoms with Gasteiger partial charge in [-0.1, -0.05) is 19.0 Å². The first-order chi connectivity index (χ1) is 8.39. The second-order valence-electron chi connectivity index (χ2n) is 5.21. The summed E-state index contributed by atoms with van der Waals surface area (Å²) in [6.07, 6.45) is 1.82. The fourth-order valence-electron chi connectivity index (χ4n) is 1.61. The molecular formula is C12H21N3O3. The minimum atomic E-state index is -0.738. The van der Waals surface area contributed by atoms with Gasteiger partial charge in [-0.05, 0) is 24.8 Å². The molecule has 0 aliphatic heterocycles. The Balaban J connectivity index is 2.18. The molecule has 0 radical (unpaired) electrons. The van der Waals surface area contributed by atoms with E-state index in [0.29, 0.717) is 24.7 Å². The molecule has 1 aromatic heterocycles. The van der Waals surface area contributed by atoms with Crippen molar-refractivity contribution in [3.05, 3.63) is 11.7 Å². The Hall–Kier alpha value is -1.43. The Labute approximate surface area is 107 Å². The van der Waals surface area contributed by atoms with Crippen LogP contribution in [0.2, 0.25) is 0 Å². The van der Waals surface area contributed by atoms with Gasteiger partial charge in [-0.15, -0.1) is 0 Å². The molecule has 0 saturated heterocycles. The van der Waals surface area contributed by atoms with Crippen LogP contribution in [0.15, 0.2) is 4.52 Å². The van der Waals surface area contributed by atoms with Gasteiger partial charge in [0.05, 0.1) is 6.54 Å². The number of hydrogen-bond acceptors (Lipinski definition) is 5. The van der Waals surface area contributed by atoms with Crippen LogP contribution in [0.5, 0.6) is 0 Å². The van der Waals surface area contributed by atoms with Crippen molar-refractivity contribution >= 4 is 5.97 Å². The smallest absolute Gasteiger partial charge is 0.303 e. The minimum Gasteiger partial charge on any atom is -0.481 e. The van der Waals surface area contributed by atoms with Gasteiger partial charge in [-0.25, -0.2) is 0 Å². The Morgan fingerprint density at radius 3 is 2.72 bits per heavy atom. The molecule has 0 aliphatic rings. The molecule has 0 saturated carbocycles. The molecule has 1 heterocycles. The highest BCUT2D eigenvalue weighted by Gasteiger charge is 2.18. The number of carboxylic acid groups (broad SMARTS) is 1. The fourth-order valence-corrected chi connectivity index (χ4v) is 1.61. The van der Waals surface area contributed by atoms with E-state index in [0.717, 1.165) is 13.0 Å². The zero-order valence-electron chi connectivity index (χ0n) is 11.2. The van der Waals surface area contributed by atoms with E-state index in [-0.39, 0.29) is 11.8 Å². The maximum absolute atomic E-state index is 10.5. The van der Waals surface area contributed by atoms with Crippen molar-refractivity contribution in [3.63, 3.8) is 0 Å². The summed E-state index contributed by atoms with van der Waals surface area (Å²) >= 11 is 0. The summed E-state index contributed by atoms with van der Waals surface area (Å²) in [5.74, 6) is 0.475. The van der Waals surface area contributed by atoms with Crippen LogP contribution in [0.4, 0.5) is 0 Å². The average Bonchev–Trinajstić information content (AvgIpc) is 2.68. The number of rotatable bonds is 8. The lowest BCUT2D eigenvalue weighted by molar-refractivity contribution is -0.137. The second kappa shape index (κ2) is 6.49. The number of nitrogens with zero attached hydrogens (tertiary/aromatic N) is 2. The normalized spacial score (nSPS) is 11.7. The van der Waals surface area contributed by atoms with Crippen molar-refractivity contribution in [1.29, 1.82) is 0 Å². The quantitative estimate of drug-likeness (QED) is 0.688. The van der Waals surface area contributed by atoms with Gasteiger partial charge in [0.25, 0.3) is 0 Å². The Morgan fingerprint density at radius 1 is 1.44 bits per heavy atom. The predicted octanol–water partition coefficient (Wildman–Crippen LogP) is 1.75. The molecule has 0 spiro atoms. The third-order valence-corrected chi connectivity index (χ3v) is 2.85. The fraction of sp³-hybridized carbons (Fsp3) is 0.750. The molecule has 1 aromatic rings. The number of aryl methyl sites for hydroxylation is 1. The van der Waals surface area contributed by atoms with Crippen molar-refractivity contribution in [3.8, 4) is 0 Å². The largest absolute Gasteiger partial charge is 0.481 e. The average molecular weight is 255 g/mol. The molecule has 0 unspecified atom stereocenters. The van der Waals surface area contributed by atoms with Crippen molar-refractivity contribution in [2.75, 3.05) is 6.54 Å². The Morgan fingerprint density at radius 2 is 2.17 bits per heavy atom. The maximum Gasteiger partial charge on any atom is 0.303 e. The van der Waals surface area contributed by atoms with Gasteiger partial charge in [0.15, 0.2) is 5.82 Å². The van der Waals surface area contributed by atoms with Crippen LogP contribution >= 0.6 is 0 Å². The lowest BCUT2D eigenvalue weighted by Gasteiger charge is -2.23. The van der Waals surface area contributed by atoms with Crippen LogP contribution in [0.1, 0.15) is 44.8 Å². The van der Waals surface area contributed by atoms with E-state index in [1.807, 2.05) is 0 Å². The van der Waals surface area contributed by atoms with Crippen LogP contribution < -0.4 is 5.32 Å². The number of aliphatic carboxylic acids is 1. The number of aromatic nitrogens is 2. The summed E-state index contributed by atoms with van der Waals surface area (Å²) < 4.78 is 4.86. The number of carbonyl (C=O) groups is 1. The van der Waals surface area contributed by atoms with E-state index in [2.05, 4.69) is 29.3 Å². The standard InChI is InChI=1S/C12H21N3O3/c1-9-14-10(15-18-9)8-13-7-6-12(2,3)5-4-11(16)17/h13H,4-8H2,1-3H3,(H,16,17). The van der Waals surface area contributed by atoms with E-state index in [1.54, 1.807) is 6.92 Å². The van der Waals surface area contributed by atoms with Gasteiger partial charge in [-0.2, -0.15) is 4.98 Å². The summed E-state index contributed by atoms with van der Waals surface area (Å²) in [5, 5.41) is 15.7. The third-order valence-electron chi connectivity index (χ3n) is 2.85. The Bertz CT molecular complexity index is 388. The number of nitrogens with one attached hydrogen (secondary N) is 1. The van der Waals surface area contributed by atoms with Crippen LogP contribution in [-0.4, -0.2) is 27.8 Å². The number of hydrogen-bond donors (Lipinski definition) is 2. The monoisotopic (exact) mass is 255 g/mol. The molecule has 6 heteroatoms. The zero-order chi connectivity index (χ0) is 13.6. The second-order valence-corrected chi connectivity index (χ2v) is 5.21. The highest BCUT2D eigenvalue weighted by atomic mass is 16.5. The highest BCUT2D eigenvalue weighted by molar-refractivity contribution is 5.66.